The van der Waals surface area contributed by atoms with Crippen molar-refractivity contribution in [1.82, 2.24) is 5.32 Å². The van der Waals surface area contributed by atoms with Crippen LogP contribution >= 0.6 is 0 Å². The van der Waals surface area contributed by atoms with Gasteiger partial charge in [0.1, 0.15) is 5.82 Å². The molecule has 0 spiro atoms. The zero-order chi connectivity index (χ0) is 17.6. The van der Waals surface area contributed by atoms with Crippen molar-refractivity contribution in [2.45, 2.75) is 32.4 Å². The average molecular weight is 342 g/mol. The molecule has 1 aliphatic heterocycles. The summed E-state index contributed by atoms with van der Waals surface area (Å²) in [5, 5.41) is 12.7. The van der Waals surface area contributed by atoms with E-state index in [0.29, 0.717) is 12.5 Å². The maximum absolute atomic E-state index is 13.0. The number of aliphatic hydroxyl groups is 1. The van der Waals surface area contributed by atoms with E-state index in [1.807, 2.05) is 12.1 Å². The highest BCUT2D eigenvalue weighted by Gasteiger charge is 2.18. The first kappa shape index (κ1) is 17.9. The molecule has 2 aromatic carbocycles. The van der Waals surface area contributed by atoms with E-state index in [2.05, 4.69) is 41.4 Å². The average Bonchev–Trinajstić information content (AvgIpc) is 2.67. The Morgan fingerprint density at radius 2 is 1.72 bits per heavy atom. The number of benzene rings is 2. The fraction of sp³-hybridized carbons (Fsp3) is 0.429. The molecule has 1 atom stereocenters. The van der Waals surface area contributed by atoms with Gasteiger partial charge in [0.2, 0.25) is 0 Å². The number of hydrogen-bond donors (Lipinski definition) is 2. The molecule has 0 radical (unpaired) electrons. The van der Waals surface area contributed by atoms with E-state index < -0.39 is 0 Å². The van der Waals surface area contributed by atoms with Gasteiger partial charge in [0.15, 0.2) is 0 Å². The molecule has 0 aromatic heterocycles. The third-order valence-corrected chi connectivity index (χ3v) is 5.16. The molecule has 1 heterocycles. The van der Waals surface area contributed by atoms with Gasteiger partial charge in [-0.1, -0.05) is 24.3 Å². The lowest BCUT2D eigenvalue weighted by Gasteiger charge is -2.33. The van der Waals surface area contributed by atoms with Crippen LogP contribution in [0, 0.1) is 11.7 Å². The molecule has 3 rings (SSSR count). The van der Waals surface area contributed by atoms with E-state index in [0.717, 1.165) is 38.0 Å². The second kappa shape index (κ2) is 8.45. The van der Waals surface area contributed by atoms with Crippen LogP contribution in [0.25, 0.3) is 0 Å². The van der Waals surface area contributed by atoms with E-state index in [1.165, 1.54) is 23.4 Å². The van der Waals surface area contributed by atoms with Crippen molar-refractivity contribution >= 4 is 5.69 Å². The molecule has 25 heavy (non-hydrogen) atoms. The zero-order valence-corrected chi connectivity index (χ0v) is 14.8. The number of hydrogen-bond acceptors (Lipinski definition) is 3. The minimum atomic E-state index is -0.199. The molecule has 134 valence electrons. The Labute approximate surface area is 149 Å². The lowest BCUT2D eigenvalue weighted by atomic mass is 9.97. The van der Waals surface area contributed by atoms with Gasteiger partial charge < -0.3 is 15.3 Å². The predicted octanol–water partition coefficient (Wildman–Crippen LogP) is 3.89. The lowest BCUT2D eigenvalue weighted by Crippen LogP contribution is -2.34. The number of aliphatic hydroxyl groups excluding tert-OH is 1. The van der Waals surface area contributed by atoms with Gasteiger partial charge in [-0.2, -0.15) is 0 Å². The summed E-state index contributed by atoms with van der Waals surface area (Å²) in [5.41, 5.74) is 3.58. The number of nitrogens with zero attached hydrogens (tertiary/aromatic N) is 1. The predicted molar refractivity (Wildman–Crippen MR) is 100 cm³/mol. The third-order valence-electron chi connectivity index (χ3n) is 5.16. The fourth-order valence-corrected chi connectivity index (χ4v) is 3.34. The van der Waals surface area contributed by atoms with Crippen LogP contribution in [0.15, 0.2) is 48.5 Å². The van der Waals surface area contributed by atoms with Crippen LogP contribution in [0.1, 0.15) is 36.9 Å². The quantitative estimate of drug-likeness (QED) is 0.836. The van der Waals surface area contributed by atoms with Gasteiger partial charge in [-0.25, -0.2) is 4.39 Å². The van der Waals surface area contributed by atoms with Gasteiger partial charge in [0.25, 0.3) is 0 Å². The fourth-order valence-electron chi connectivity index (χ4n) is 3.34. The Balaban J connectivity index is 1.51. The summed E-state index contributed by atoms with van der Waals surface area (Å²) in [6.07, 6.45) is 2.13. The van der Waals surface area contributed by atoms with Crippen LogP contribution in [0.3, 0.4) is 0 Å². The maximum atomic E-state index is 13.0. The highest BCUT2D eigenvalue weighted by molar-refractivity contribution is 5.48. The molecule has 4 heteroatoms. The first-order chi connectivity index (χ1) is 12.2. The van der Waals surface area contributed by atoms with Gasteiger partial charge in [-0.05, 0) is 61.1 Å². The third kappa shape index (κ3) is 4.80. The molecular weight excluding hydrogens is 315 g/mol. The van der Waals surface area contributed by atoms with E-state index >= 15 is 0 Å². The molecule has 0 saturated carbocycles. The smallest absolute Gasteiger partial charge is 0.123 e. The van der Waals surface area contributed by atoms with E-state index in [-0.39, 0.29) is 11.9 Å². The van der Waals surface area contributed by atoms with Gasteiger partial charge in [0.05, 0.1) is 0 Å². The van der Waals surface area contributed by atoms with Crippen molar-refractivity contribution < 1.29 is 9.50 Å². The van der Waals surface area contributed by atoms with Gasteiger partial charge in [0, 0.05) is 38.0 Å². The SMILES string of the molecule is CC(NCc1ccc(N2CCC(CO)CC2)cc1)c1ccc(F)cc1. The standard InChI is InChI=1S/C21H27FN2O/c1-16(19-4-6-20(22)7-5-19)23-14-17-2-8-21(9-3-17)24-12-10-18(15-25)11-13-24/h2-9,16,18,23,25H,10-15H2,1H3. The van der Waals surface area contributed by atoms with Crippen LogP contribution in [0.5, 0.6) is 0 Å². The normalized spacial score (nSPS) is 16.8. The molecule has 0 bridgehead atoms. The van der Waals surface area contributed by atoms with Crippen molar-refractivity contribution in [3.05, 3.63) is 65.5 Å². The van der Waals surface area contributed by atoms with Gasteiger partial charge in [-0.3, -0.25) is 0 Å². The van der Waals surface area contributed by atoms with Crippen molar-refractivity contribution in [2.75, 3.05) is 24.6 Å². The summed E-state index contributed by atoms with van der Waals surface area (Å²) in [7, 11) is 0. The monoisotopic (exact) mass is 342 g/mol. The van der Waals surface area contributed by atoms with E-state index in [4.69, 9.17) is 0 Å². The van der Waals surface area contributed by atoms with Crippen molar-refractivity contribution in [2.24, 2.45) is 5.92 Å². The highest BCUT2D eigenvalue weighted by Crippen LogP contribution is 2.23. The van der Waals surface area contributed by atoms with E-state index in [9.17, 15) is 9.50 Å². The molecular formula is C21H27FN2O. The summed E-state index contributed by atoms with van der Waals surface area (Å²) in [5.74, 6) is 0.266. The molecule has 2 N–H and O–H groups in total. The second-order valence-electron chi connectivity index (χ2n) is 6.93. The molecule has 3 nitrogen and oxygen atoms in total. The van der Waals surface area contributed by atoms with Crippen LogP contribution < -0.4 is 10.2 Å². The minimum Gasteiger partial charge on any atom is -0.396 e. The highest BCUT2D eigenvalue weighted by atomic mass is 19.1. The van der Waals surface area contributed by atoms with Crippen LogP contribution in [0.2, 0.25) is 0 Å². The van der Waals surface area contributed by atoms with E-state index in [1.54, 1.807) is 0 Å². The molecule has 2 aromatic rings. The summed E-state index contributed by atoms with van der Waals surface area (Å²) in [6.45, 7) is 5.22. The number of nitrogens with one attached hydrogen (secondary N) is 1. The number of piperidine rings is 1. The van der Waals surface area contributed by atoms with Crippen molar-refractivity contribution in [3.63, 3.8) is 0 Å². The van der Waals surface area contributed by atoms with Gasteiger partial charge >= 0.3 is 0 Å². The maximum Gasteiger partial charge on any atom is 0.123 e. The summed E-state index contributed by atoms with van der Waals surface area (Å²) < 4.78 is 13.0. The second-order valence-corrected chi connectivity index (χ2v) is 6.93. The molecule has 0 aliphatic carbocycles. The lowest BCUT2D eigenvalue weighted by molar-refractivity contribution is 0.203. The summed E-state index contributed by atoms with van der Waals surface area (Å²) in [4.78, 5) is 2.39. The van der Waals surface area contributed by atoms with Crippen LogP contribution in [0.4, 0.5) is 10.1 Å². The first-order valence-corrected chi connectivity index (χ1v) is 9.09. The Morgan fingerprint density at radius 1 is 1.08 bits per heavy atom. The molecule has 1 aliphatic rings. The summed E-state index contributed by atoms with van der Waals surface area (Å²) in [6, 6.07) is 15.5. The molecule has 1 saturated heterocycles. The van der Waals surface area contributed by atoms with Crippen LogP contribution in [-0.4, -0.2) is 24.8 Å². The Hall–Kier alpha value is -1.91. The van der Waals surface area contributed by atoms with Crippen molar-refractivity contribution in [3.8, 4) is 0 Å². The molecule has 1 fully saturated rings. The Bertz CT molecular complexity index is 649. The topological polar surface area (TPSA) is 35.5 Å². The molecule has 0 amide bonds. The number of halogens is 1. The Kier molecular flexibility index (Phi) is 6.05. The van der Waals surface area contributed by atoms with Gasteiger partial charge in [-0.15, -0.1) is 0 Å². The largest absolute Gasteiger partial charge is 0.396 e. The number of rotatable bonds is 6. The minimum absolute atomic E-state index is 0.179. The first-order valence-electron chi connectivity index (χ1n) is 9.09. The Morgan fingerprint density at radius 3 is 2.32 bits per heavy atom. The molecule has 1 unspecified atom stereocenters. The van der Waals surface area contributed by atoms with Crippen LogP contribution in [-0.2, 0) is 6.54 Å². The number of anilines is 1. The zero-order valence-electron chi connectivity index (χ0n) is 14.8. The summed E-state index contributed by atoms with van der Waals surface area (Å²) >= 11 is 0. The van der Waals surface area contributed by atoms with Crippen molar-refractivity contribution in [1.29, 1.82) is 0 Å².